The summed E-state index contributed by atoms with van der Waals surface area (Å²) in [6, 6.07) is 9.31. The largest absolute Gasteiger partial charge is 0.497 e. The zero-order valence-electron chi connectivity index (χ0n) is 17.5. The van der Waals surface area contributed by atoms with E-state index in [9.17, 15) is 9.59 Å². The van der Waals surface area contributed by atoms with Crippen molar-refractivity contribution >= 4 is 11.4 Å². The first-order chi connectivity index (χ1) is 14.5. The highest BCUT2D eigenvalue weighted by atomic mass is 16.5. The van der Waals surface area contributed by atoms with Crippen molar-refractivity contribution < 1.29 is 9.53 Å². The van der Waals surface area contributed by atoms with Gasteiger partial charge in [-0.2, -0.15) is 10.2 Å². The van der Waals surface area contributed by atoms with Crippen molar-refractivity contribution in [3.63, 3.8) is 0 Å². The Morgan fingerprint density at radius 3 is 2.73 bits per heavy atom. The second-order valence-corrected chi connectivity index (χ2v) is 8.12. The van der Waals surface area contributed by atoms with Gasteiger partial charge >= 0.3 is 0 Å². The summed E-state index contributed by atoms with van der Waals surface area (Å²) in [6.45, 7) is 4.30. The number of hydrogen-bond acceptors (Lipinski definition) is 5. The average molecular weight is 409 g/mol. The Morgan fingerprint density at radius 2 is 2.00 bits per heavy atom. The molecule has 0 bridgehead atoms. The Hall–Kier alpha value is -3.16. The van der Waals surface area contributed by atoms with E-state index in [0.717, 1.165) is 24.2 Å². The maximum absolute atomic E-state index is 12.9. The molecule has 30 heavy (non-hydrogen) atoms. The minimum absolute atomic E-state index is 0.101. The fraction of sp³-hybridized carbons (Fsp3) is 0.455. The van der Waals surface area contributed by atoms with E-state index < -0.39 is 0 Å². The molecule has 0 spiro atoms. The molecule has 1 aliphatic carbocycles. The molecule has 1 saturated carbocycles. The molecule has 3 aromatic rings. The van der Waals surface area contributed by atoms with Crippen molar-refractivity contribution in [3.8, 4) is 17.0 Å². The van der Waals surface area contributed by atoms with E-state index in [2.05, 4.69) is 29.4 Å². The van der Waals surface area contributed by atoms with Crippen LogP contribution in [0, 0.1) is 11.8 Å². The maximum atomic E-state index is 12.9. The van der Waals surface area contributed by atoms with Crippen molar-refractivity contribution in [2.24, 2.45) is 11.8 Å². The summed E-state index contributed by atoms with van der Waals surface area (Å²) >= 11 is 0. The Labute approximate surface area is 174 Å². The van der Waals surface area contributed by atoms with Gasteiger partial charge in [0.1, 0.15) is 24.1 Å². The quantitative estimate of drug-likeness (QED) is 0.699. The molecule has 8 heteroatoms. The van der Waals surface area contributed by atoms with Crippen LogP contribution >= 0.6 is 0 Å². The number of carbonyl (C=O) groups excluding carboxylic acids is 1. The Bertz CT molecular complexity index is 1100. The minimum atomic E-state index is -0.343. The first-order valence-electron chi connectivity index (χ1n) is 10.4. The number of amides is 1. The summed E-state index contributed by atoms with van der Waals surface area (Å²) in [4.78, 5) is 25.4. The van der Waals surface area contributed by atoms with Crippen molar-refractivity contribution in [1.82, 2.24) is 24.7 Å². The predicted molar refractivity (Wildman–Crippen MR) is 113 cm³/mol. The van der Waals surface area contributed by atoms with Crippen LogP contribution in [0.15, 0.2) is 41.5 Å². The zero-order chi connectivity index (χ0) is 21.3. The highest BCUT2D eigenvalue weighted by Crippen LogP contribution is 2.29. The first-order valence-corrected chi connectivity index (χ1v) is 10.4. The van der Waals surface area contributed by atoms with Crippen LogP contribution in [0.1, 0.15) is 33.1 Å². The number of aromatic nitrogens is 4. The first kappa shape index (κ1) is 20.1. The van der Waals surface area contributed by atoms with E-state index in [1.54, 1.807) is 13.2 Å². The maximum Gasteiger partial charge on any atom is 0.293 e. The molecule has 1 aliphatic rings. The van der Waals surface area contributed by atoms with Crippen molar-refractivity contribution in [1.29, 1.82) is 0 Å². The summed E-state index contributed by atoms with van der Waals surface area (Å²) in [5, 5.41) is 11.7. The normalized spacial score (nSPS) is 21.5. The third kappa shape index (κ3) is 3.94. The molecular formula is C22H27N5O3. The van der Waals surface area contributed by atoms with E-state index in [1.807, 2.05) is 24.3 Å². The van der Waals surface area contributed by atoms with E-state index >= 15 is 0 Å². The SMILES string of the molecule is COc1ccc(-c2cc3c(=O)n(CC(=O)N[C@@H]4CCC[C@@H](C)[C@@H]4C)ncn3n2)cc1. The molecule has 0 radical (unpaired) electrons. The van der Waals surface area contributed by atoms with Crippen LogP contribution in [-0.4, -0.2) is 38.5 Å². The Kier molecular flexibility index (Phi) is 5.57. The van der Waals surface area contributed by atoms with Gasteiger partial charge in [0.25, 0.3) is 5.56 Å². The summed E-state index contributed by atoms with van der Waals surface area (Å²) in [5.74, 6) is 1.58. The van der Waals surface area contributed by atoms with E-state index in [-0.39, 0.29) is 24.1 Å². The van der Waals surface area contributed by atoms with E-state index in [0.29, 0.717) is 23.0 Å². The van der Waals surface area contributed by atoms with Crippen LogP contribution in [0.4, 0.5) is 0 Å². The highest BCUT2D eigenvalue weighted by molar-refractivity contribution is 5.76. The topological polar surface area (TPSA) is 90.5 Å². The fourth-order valence-corrected chi connectivity index (χ4v) is 4.13. The summed E-state index contributed by atoms with van der Waals surface area (Å²) in [5.41, 5.74) is 1.56. The van der Waals surface area contributed by atoms with Crippen molar-refractivity contribution in [2.75, 3.05) is 7.11 Å². The van der Waals surface area contributed by atoms with E-state index in [1.165, 1.54) is 21.9 Å². The van der Waals surface area contributed by atoms with Crippen LogP contribution in [0.3, 0.4) is 0 Å². The standard InChI is InChI=1S/C22H27N5O3/c1-14-5-4-6-18(15(14)2)24-21(28)12-26-22(29)20-11-19(25-27(20)13-23-26)16-7-9-17(30-3)10-8-16/h7-11,13-15,18H,4-6,12H2,1-3H3,(H,24,28)/t14-,15+,18-/m1/s1. The van der Waals surface area contributed by atoms with Gasteiger partial charge in [-0.1, -0.05) is 26.7 Å². The molecular weight excluding hydrogens is 382 g/mol. The van der Waals surface area contributed by atoms with Crippen molar-refractivity contribution in [3.05, 3.63) is 47.0 Å². The molecule has 3 atom stereocenters. The second kappa shape index (κ2) is 8.30. The molecule has 1 fully saturated rings. The summed E-state index contributed by atoms with van der Waals surface area (Å²) in [6.07, 6.45) is 4.75. The molecule has 1 amide bonds. The third-order valence-electron chi connectivity index (χ3n) is 6.22. The molecule has 1 N–H and O–H groups in total. The lowest BCUT2D eigenvalue weighted by Gasteiger charge is -2.34. The Morgan fingerprint density at radius 1 is 1.23 bits per heavy atom. The number of nitrogens with zero attached hydrogens (tertiary/aromatic N) is 4. The van der Waals surface area contributed by atoms with Crippen LogP contribution in [0.5, 0.6) is 5.75 Å². The van der Waals surface area contributed by atoms with Gasteiger partial charge in [-0.05, 0) is 48.6 Å². The molecule has 0 saturated heterocycles. The van der Waals surface area contributed by atoms with Crippen LogP contribution in [-0.2, 0) is 11.3 Å². The number of hydrogen-bond donors (Lipinski definition) is 1. The van der Waals surface area contributed by atoms with Crippen LogP contribution in [0.25, 0.3) is 16.8 Å². The lowest BCUT2D eigenvalue weighted by Crippen LogP contribution is -2.45. The summed E-state index contributed by atoms with van der Waals surface area (Å²) < 4.78 is 7.82. The molecule has 8 nitrogen and oxygen atoms in total. The smallest absolute Gasteiger partial charge is 0.293 e. The minimum Gasteiger partial charge on any atom is -0.497 e. The van der Waals surface area contributed by atoms with Gasteiger partial charge in [-0.25, -0.2) is 9.20 Å². The molecule has 4 rings (SSSR count). The number of benzene rings is 1. The van der Waals surface area contributed by atoms with Gasteiger partial charge in [0.2, 0.25) is 5.91 Å². The summed E-state index contributed by atoms with van der Waals surface area (Å²) in [7, 11) is 1.61. The lowest BCUT2D eigenvalue weighted by atomic mass is 9.78. The molecule has 0 unspecified atom stereocenters. The molecule has 2 aromatic heterocycles. The number of fused-ring (bicyclic) bond motifs is 1. The van der Waals surface area contributed by atoms with Crippen molar-refractivity contribution in [2.45, 2.75) is 45.7 Å². The predicted octanol–water partition coefficient (Wildman–Crippen LogP) is 2.51. The van der Waals surface area contributed by atoms with Crippen LogP contribution < -0.4 is 15.6 Å². The number of rotatable bonds is 5. The molecule has 2 heterocycles. The molecule has 1 aromatic carbocycles. The number of carbonyl (C=O) groups is 1. The van der Waals surface area contributed by atoms with Gasteiger partial charge in [0.05, 0.1) is 12.8 Å². The van der Waals surface area contributed by atoms with Gasteiger partial charge < -0.3 is 10.1 Å². The van der Waals surface area contributed by atoms with Gasteiger partial charge in [-0.15, -0.1) is 0 Å². The van der Waals surface area contributed by atoms with Crippen LogP contribution in [0.2, 0.25) is 0 Å². The second-order valence-electron chi connectivity index (χ2n) is 8.12. The van der Waals surface area contributed by atoms with Gasteiger partial charge in [-0.3, -0.25) is 9.59 Å². The number of nitrogens with one attached hydrogen (secondary N) is 1. The van der Waals surface area contributed by atoms with Gasteiger partial charge in [0.15, 0.2) is 0 Å². The average Bonchev–Trinajstić information content (AvgIpc) is 3.19. The lowest BCUT2D eigenvalue weighted by molar-refractivity contribution is -0.123. The monoisotopic (exact) mass is 409 g/mol. The Balaban J connectivity index is 1.53. The molecule has 158 valence electrons. The zero-order valence-corrected chi connectivity index (χ0v) is 17.5. The number of methoxy groups -OCH3 is 1. The third-order valence-corrected chi connectivity index (χ3v) is 6.22. The van der Waals surface area contributed by atoms with E-state index in [4.69, 9.17) is 4.74 Å². The van der Waals surface area contributed by atoms with Gasteiger partial charge in [0, 0.05) is 11.6 Å². The molecule has 0 aliphatic heterocycles. The highest BCUT2D eigenvalue weighted by Gasteiger charge is 2.28. The fourth-order valence-electron chi connectivity index (χ4n) is 4.13. The number of ether oxygens (including phenoxy) is 1.